The predicted molar refractivity (Wildman–Crippen MR) is 86.2 cm³/mol. The van der Waals surface area contributed by atoms with Gasteiger partial charge in [-0.1, -0.05) is 4.49 Å². The lowest BCUT2D eigenvalue weighted by Gasteiger charge is -2.33. The van der Waals surface area contributed by atoms with Gasteiger partial charge in [-0.3, -0.25) is 9.78 Å². The highest BCUT2D eigenvalue weighted by Crippen LogP contribution is 2.22. The summed E-state index contributed by atoms with van der Waals surface area (Å²) in [5.41, 5.74) is 1.88. The molecule has 2 aromatic rings. The number of carbonyl (C=O) groups is 1. The number of aryl methyl sites for hydroxylation is 1. The topological polar surface area (TPSA) is 71.0 Å². The fourth-order valence-electron chi connectivity index (χ4n) is 2.69. The summed E-state index contributed by atoms with van der Waals surface area (Å²) in [6.07, 6.45) is 5.86. The van der Waals surface area contributed by atoms with E-state index in [1.807, 2.05) is 19.2 Å². The van der Waals surface area contributed by atoms with Gasteiger partial charge in [0.15, 0.2) is 0 Å². The summed E-state index contributed by atoms with van der Waals surface area (Å²) in [5, 5.41) is 6.88. The maximum atomic E-state index is 12.1. The maximum absolute atomic E-state index is 12.1. The summed E-state index contributed by atoms with van der Waals surface area (Å²) in [6.45, 7) is 4.54. The molecule has 0 atom stereocenters. The van der Waals surface area contributed by atoms with Crippen molar-refractivity contribution in [2.75, 3.05) is 24.5 Å². The third-order valence-corrected chi connectivity index (χ3v) is 4.86. The van der Waals surface area contributed by atoms with Crippen molar-refractivity contribution in [2.24, 2.45) is 5.92 Å². The largest absolute Gasteiger partial charge is 0.370 e. The molecule has 1 amide bonds. The van der Waals surface area contributed by atoms with Crippen LogP contribution in [0.15, 0.2) is 24.5 Å². The van der Waals surface area contributed by atoms with E-state index in [-0.39, 0.29) is 5.91 Å². The van der Waals surface area contributed by atoms with Crippen molar-refractivity contribution >= 4 is 23.1 Å². The lowest BCUT2D eigenvalue weighted by Crippen LogP contribution is -2.38. The van der Waals surface area contributed by atoms with Crippen molar-refractivity contribution in [2.45, 2.75) is 19.8 Å². The van der Waals surface area contributed by atoms with Gasteiger partial charge in [-0.2, -0.15) is 0 Å². The minimum Gasteiger partial charge on any atom is -0.370 e. The molecule has 6 nitrogen and oxygen atoms in total. The molecular weight excluding hydrogens is 298 g/mol. The molecule has 22 heavy (non-hydrogen) atoms. The molecular formula is C15H19N5OS. The van der Waals surface area contributed by atoms with Crippen LogP contribution in [0.25, 0.3) is 0 Å². The van der Waals surface area contributed by atoms with E-state index in [0.29, 0.717) is 16.5 Å². The van der Waals surface area contributed by atoms with E-state index >= 15 is 0 Å². The van der Waals surface area contributed by atoms with Crippen LogP contribution in [0.3, 0.4) is 0 Å². The molecule has 0 saturated carbocycles. The molecule has 2 aromatic heterocycles. The fraction of sp³-hybridized carbons (Fsp3) is 0.467. The first-order valence-corrected chi connectivity index (χ1v) is 8.23. The zero-order valence-corrected chi connectivity index (χ0v) is 13.3. The first kappa shape index (κ1) is 14.9. The highest BCUT2D eigenvalue weighted by molar-refractivity contribution is 7.07. The fourth-order valence-corrected chi connectivity index (χ4v) is 3.27. The van der Waals surface area contributed by atoms with Gasteiger partial charge in [0.1, 0.15) is 4.88 Å². The number of nitrogens with one attached hydrogen (secondary N) is 1. The molecule has 3 rings (SSSR count). The number of carbonyl (C=O) groups excluding carboxylic acids is 1. The number of piperidine rings is 1. The maximum Gasteiger partial charge on any atom is 0.264 e. The van der Waals surface area contributed by atoms with E-state index < -0.39 is 0 Å². The van der Waals surface area contributed by atoms with Crippen molar-refractivity contribution in [3.8, 4) is 0 Å². The summed E-state index contributed by atoms with van der Waals surface area (Å²) in [5.74, 6) is 0.472. The van der Waals surface area contributed by atoms with Crippen LogP contribution < -0.4 is 10.2 Å². The molecule has 1 N–H and O–H groups in total. The molecule has 1 aliphatic heterocycles. The van der Waals surface area contributed by atoms with Gasteiger partial charge in [0.05, 0.1) is 17.6 Å². The third-order valence-electron chi connectivity index (χ3n) is 4.03. The van der Waals surface area contributed by atoms with Gasteiger partial charge in [-0.15, -0.1) is 5.10 Å². The second-order valence-electron chi connectivity index (χ2n) is 5.54. The third kappa shape index (κ3) is 3.41. The van der Waals surface area contributed by atoms with E-state index in [9.17, 15) is 4.79 Å². The van der Waals surface area contributed by atoms with Crippen molar-refractivity contribution in [1.29, 1.82) is 0 Å². The summed E-state index contributed by atoms with van der Waals surface area (Å²) >= 11 is 1.15. The van der Waals surface area contributed by atoms with Crippen LogP contribution in [0, 0.1) is 12.8 Å². The van der Waals surface area contributed by atoms with Crippen molar-refractivity contribution < 1.29 is 4.79 Å². The normalized spacial score (nSPS) is 15.8. The summed E-state index contributed by atoms with van der Waals surface area (Å²) in [7, 11) is 0. The Balaban J connectivity index is 1.46. The van der Waals surface area contributed by atoms with Gasteiger partial charge in [0, 0.05) is 25.8 Å². The molecule has 0 unspecified atom stereocenters. The number of amides is 1. The number of hydrogen-bond donors (Lipinski definition) is 1. The molecule has 7 heteroatoms. The Kier molecular flexibility index (Phi) is 4.62. The first-order chi connectivity index (χ1) is 10.7. The zero-order valence-electron chi connectivity index (χ0n) is 12.5. The number of rotatable bonds is 4. The Bertz CT molecular complexity index is 622. The van der Waals surface area contributed by atoms with E-state index in [4.69, 9.17) is 0 Å². The van der Waals surface area contributed by atoms with Gasteiger partial charge in [0.25, 0.3) is 5.91 Å². The molecule has 116 valence electrons. The highest BCUT2D eigenvalue weighted by atomic mass is 32.1. The van der Waals surface area contributed by atoms with Crippen LogP contribution in [-0.2, 0) is 0 Å². The zero-order chi connectivity index (χ0) is 15.4. The molecule has 0 aliphatic carbocycles. The lowest BCUT2D eigenvalue weighted by molar-refractivity contribution is 0.0948. The average molecular weight is 317 g/mol. The van der Waals surface area contributed by atoms with Crippen molar-refractivity contribution in [1.82, 2.24) is 19.9 Å². The molecule has 0 spiro atoms. The van der Waals surface area contributed by atoms with Crippen LogP contribution in [-0.4, -0.2) is 40.1 Å². The van der Waals surface area contributed by atoms with Crippen molar-refractivity contribution in [3.05, 3.63) is 35.1 Å². The van der Waals surface area contributed by atoms with Gasteiger partial charge in [-0.25, -0.2) is 0 Å². The van der Waals surface area contributed by atoms with Crippen LogP contribution in [0.4, 0.5) is 5.69 Å². The number of hydrogen-bond acceptors (Lipinski definition) is 6. The second kappa shape index (κ2) is 6.83. The minimum atomic E-state index is -0.0535. The number of nitrogens with zero attached hydrogens (tertiary/aromatic N) is 4. The van der Waals surface area contributed by atoms with E-state index in [0.717, 1.165) is 44.0 Å². The summed E-state index contributed by atoms with van der Waals surface area (Å²) in [4.78, 5) is 19.2. The average Bonchev–Trinajstić information content (AvgIpc) is 3.00. The van der Waals surface area contributed by atoms with Crippen molar-refractivity contribution in [3.63, 3.8) is 0 Å². The Hall–Kier alpha value is -2.02. The number of aromatic nitrogens is 3. The Morgan fingerprint density at radius 3 is 2.91 bits per heavy atom. The van der Waals surface area contributed by atoms with E-state index in [1.54, 1.807) is 6.20 Å². The molecule has 1 fully saturated rings. The van der Waals surface area contributed by atoms with Crippen LogP contribution in [0.5, 0.6) is 0 Å². The van der Waals surface area contributed by atoms with Gasteiger partial charge in [-0.05, 0) is 49.3 Å². The second-order valence-corrected chi connectivity index (χ2v) is 6.29. The standard InChI is InChI=1S/C15H19N5OS/c1-11-14(22-19-18-11)15(21)17-9-12-4-7-20(8-5-12)13-3-2-6-16-10-13/h2-3,6,10,12H,4-5,7-9H2,1H3,(H,17,21). The SMILES string of the molecule is Cc1nnsc1C(=O)NCC1CCN(c2cccnc2)CC1. The summed E-state index contributed by atoms with van der Waals surface area (Å²) in [6, 6.07) is 4.06. The van der Waals surface area contributed by atoms with Gasteiger partial charge >= 0.3 is 0 Å². The quantitative estimate of drug-likeness (QED) is 0.932. The molecule has 3 heterocycles. The van der Waals surface area contributed by atoms with E-state index in [2.05, 4.69) is 30.9 Å². The van der Waals surface area contributed by atoms with Crippen LogP contribution in [0.2, 0.25) is 0 Å². The molecule has 0 radical (unpaired) electrons. The Morgan fingerprint density at radius 2 is 2.27 bits per heavy atom. The van der Waals surface area contributed by atoms with Gasteiger partial charge < -0.3 is 10.2 Å². The van der Waals surface area contributed by atoms with Crippen LogP contribution in [0.1, 0.15) is 28.2 Å². The lowest BCUT2D eigenvalue weighted by atomic mass is 9.96. The smallest absolute Gasteiger partial charge is 0.264 e. The van der Waals surface area contributed by atoms with E-state index in [1.165, 1.54) is 5.69 Å². The molecule has 1 aliphatic rings. The Labute approximate surface area is 133 Å². The molecule has 0 bridgehead atoms. The number of anilines is 1. The van der Waals surface area contributed by atoms with Gasteiger partial charge in [0.2, 0.25) is 0 Å². The summed E-state index contributed by atoms with van der Waals surface area (Å²) < 4.78 is 3.80. The molecule has 1 saturated heterocycles. The monoisotopic (exact) mass is 317 g/mol. The first-order valence-electron chi connectivity index (χ1n) is 7.46. The Morgan fingerprint density at radius 1 is 1.45 bits per heavy atom. The highest BCUT2D eigenvalue weighted by Gasteiger charge is 2.21. The predicted octanol–water partition coefficient (Wildman–Crippen LogP) is 1.89. The van der Waals surface area contributed by atoms with Crippen LogP contribution >= 0.6 is 11.5 Å². The molecule has 0 aromatic carbocycles. The number of pyridine rings is 1. The minimum absolute atomic E-state index is 0.0535.